The average molecular weight is 440 g/mol. The summed E-state index contributed by atoms with van der Waals surface area (Å²) in [7, 11) is 1.68. The molecule has 0 bridgehead atoms. The van der Waals surface area contributed by atoms with Crippen molar-refractivity contribution in [2.24, 2.45) is 10.9 Å². The van der Waals surface area contributed by atoms with E-state index in [1.54, 1.807) is 7.11 Å². The Bertz CT molecular complexity index is 1200. The Morgan fingerprint density at radius 2 is 1.61 bits per heavy atom. The molecule has 5 heteroatoms. The lowest BCUT2D eigenvalue weighted by Crippen LogP contribution is -2.20. The monoisotopic (exact) mass is 439 g/mol. The number of aliphatic hydroxyl groups excluding tert-OH is 1. The second-order valence-corrected chi connectivity index (χ2v) is 8.74. The van der Waals surface area contributed by atoms with Crippen molar-refractivity contribution in [3.05, 3.63) is 90.1 Å². The molecule has 0 radical (unpaired) electrons. The van der Waals surface area contributed by atoms with Gasteiger partial charge >= 0.3 is 0 Å². The molecule has 5 nitrogen and oxygen atoms in total. The highest BCUT2D eigenvalue weighted by atomic mass is 16.5. The number of hydrogen-bond donors (Lipinski definition) is 1. The molecule has 1 aliphatic carbocycles. The molecule has 0 aliphatic heterocycles. The molecule has 0 spiro atoms. The van der Waals surface area contributed by atoms with E-state index in [-0.39, 0.29) is 6.61 Å². The van der Waals surface area contributed by atoms with Crippen LogP contribution in [0.5, 0.6) is 5.75 Å². The maximum atomic E-state index is 9.44. The summed E-state index contributed by atoms with van der Waals surface area (Å²) in [6.07, 6.45) is 6.32. The van der Waals surface area contributed by atoms with Crippen molar-refractivity contribution in [1.29, 1.82) is 0 Å². The van der Waals surface area contributed by atoms with Crippen molar-refractivity contribution in [3.8, 4) is 5.75 Å². The molecule has 0 saturated heterocycles. The van der Waals surface area contributed by atoms with Gasteiger partial charge in [-0.3, -0.25) is 4.68 Å². The maximum absolute atomic E-state index is 9.44. The van der Waals surface area contributed by atoms with Gasteiger partial charge in [0.05, 0.1) is 24.4 Å². The van der Waals surface area contributed by atoms with Crippen LogP contribution in [0.1, 0.15) is 42.9 Å². The SMILES string of the molecule is COc1cc2nn(C3CCC(CO)CC3)cc2cc1N=C(c1ccccc1)c1ccccc1. The third-order valence-corrected chi connectivity index (χ3v) is 6.60. The normalized spacial score (nSPS) is 18.2. The number of rotatable bonds is 6. The van der Waals surface area contributed by atoms with Crippen LogP contribution in [0.25, 0.3) is 10.9 Å². The van der Waals surface area contributed by atoms with Crippen LogP contribution < -0.4 is 4.74 Å². The van der Waals surface area contributed by atoms with E-state index in [4.69, 9.17) is 14.8 Å². The summed E-state index contributed by atoms with van der Waals surface area (Å²) in [5.74, 6) is 1.14. The van der Waals surface area contributed by atoms with Crippen LogP contribution in [0.15, 0.2) is 84.0 Å². The summed E-state index contributed by atoms with van der Waals surface area (Å²) >= 11 is 0. The summed E-state index contributed by atoms with van der Waals surface area (Å²) < 4.78 is 7.82. The number of hydrogen-bond acceptors (Lipinski definition) is 4. The number of aliphatic imine (C=N–C) groups is 1. The van der Waals surface area contributed by atoms with Gasteiger partial charge in [-0.2, -0.15) is 5.10 Å². The van der Waals surface area contributed by atoms with E-state index < -0.39 is 0 Å². The topological polar surface area (TPSA) is 59.6 Å². The van der Waals surface area contributed by atoms with Crippen LogP contribution in [0, 0.1) is 5.92 Å². The first-order valence-electron chi connectivity index (χ1n) is 11.6. The Hall–Kier alpha value is -3.44. The number of ether oxygens (including phenoxy) is 1. The minimum absolute atomic E-state index is 0.289. The third kappa shape index (κ3) is 4.55. The molecular formula is C28H29N3O2. The molecule has 1 fully saturated rings. The number of fused-ring (bicyclic) bond motifs is 1. The number of methoxy groups -OCH3 is 1. The minimum Gasteiger partial charge on any atom is -0.494 e. The molecule has 5 rings (SSSR count). The van der Waals surface area contributed by atoms with E-state index in [0.29, 0.717) is 17.7 Å². The van der Waals surface area contributed by atoms with Gasteiger partial charge in [0.2, 0.25) is 0 Å². The number of nitrogens with zero attached hydrogens (tertiary/aromatic N) is 3. The standard InChI is InChI=1S/C28H29N3O2/c1-33-27-17-25-23(18-31(30-25)24-14-12-20(19-32)13-15-24)16-26(27)29-28(21-8-4-2-5-9-21)22-10-6-3-7-11-22/h2-11,16-18,20,24,32H,12-15,19H2,1H3. The second kappa shape index (κ2) is 9.59. The van der Waals surface area contributed by atoms with E-state index >= 15 is 0 Å². The van der Waals surface area contributed by atoms with E-state index in [1.165, 1.54) is 0 Å². The largest absolute Gasteiger partial charge is 0.494 e. The van der Waals surface area contributed by atoms with Crippen molar-refractivity contribution in [1.82, 2.24) is 9.78 Å². The van der Waals surface area contributed by atoms with Gasteiger partial charge in [-0.1, -0.05) is 60.7 Å². The summed E-state index contributed by atoms with van der Waals surface area (Å²) in [4.78, 5) is 5.09. The highest BCUT2D eigenvalue weighted by Gasteiger charge is 2.23. The molecule has 3 aromatic carbocycles. The Labute approximate surface area is 194 Å². The highest BCUT2D eigenvalue weighted by molar-refractivity contribution is 6.14. The highest BCUT2D eigenvalue weighted by Crippen LogP contribution is 2.36. The molecule has 1 heterocycles. The van der Waals surface area contributed by atoms with Gasteiger partial charge in [0.1, 0.15) is 11.4 Å². The lowest BCUT2D eigenvalue weighted by atomic mass is 9.87. The van der Waals surface area contributed by atoms with Crippen molar-refractivity contribution >= 4 is 22.3 Å². The van der Waals surface area contributed by atoms with Gasteiger partial charge < -0.3 is 9.84 Å². The fourth-order valence-electron chi connectivity index (χ4n) is 4.70. The molecule has 0 amide bonds. The van der Waals surface area contributed by atoms with Crippen LogP contribution in [0.2, 0.25) is 0 Å². The maximum Gasteiger partial charge on any atom is 0.146 e. The lowest BCUT2D eigenvalue weighted by Gasteiger charge is -2.27. The smallest absolute Gasteiger partial charge is 0.146 e. The molecule has 0 unspecified atom stereocenters. The predicted octanol–water partition coefficient (Wildman–Crippen LogP) is 5.94. The molecule has 1 aliphatic rings. The Kier molecular flexibility index (Phi) is 6.22. The van der Waals surface area contributed by atoms with E-state index in [0.717, 1.165) is 59.1 Å². The van der Waals surface area contributed by atoms with Gasteiger partial charge in [-0.15, -0.1) is 0 Å². The van der Waals surface area contributed by atoms with Gasteiger partial charge in [-0.25, -0.2) is 4.99 Å². The van der Waals surface area contributed by atoms with Crippen LogP contribution in [-0.4, -0.2) is 34.3 Å². The van der Waals surface area contributed by atoms with E-state index in [1.807, 2.05) is 42.5 Å². The molecule has 33 heavy (non-hydrogen) atoms. The van der Waals surface area contributed by atoms with Crippen molar-refractivity contribution in [2.75, 3.05) is 13.7 Å². The fourth-order valence-corrected chi connectivity index (χ4v) is 4.70. The molecule has 1 N–H and O–H groups in total. The molecule has 4 aromatic rings. The van der Waals surface area contributed by atoms with Gasteiger partial charge in [-0.05, 0) is 37.7 Å². The Morgan fingerprint density at radius 3 is 2.18 bits per heavy atom. The first-order valence-corrected chi connectivity index (χ1v) is 11.6. The number of aliphatic hydroxyl groups is 1. The summed E-state index contributed by atoms with van der Waals surface area (Å²) in [6.45, 7) is 0.289. The lowest BCUT2D eigenvalue weighted by molar-refractivity contribution is 0.165. The zero-order chi connectivity index (χ0) is 22.6. The van der Waals surface area contributed by atoms with Crippen molar-refractivity contribution < 1.29 is 9.84 Å². The third-order valence-electron chi connectivity index (χ3n) is 6.60. The molecular weight excluding hydrogens is 410 g/mol. The average Bonchev–Trinajstić information content (AvgIpc) is 3.30. The molecule has 0 atom stereocenters. The van der Waals surface area contributed by atoms with Crippen molar-refractivity contribution in [3.63, 3.8) is 0 Å². The summed E-state index contributed by atoms with van der Waals surface area (Å²) in [6, 6.07) is 24.9. The summed E-state index contributed by atoms with van der Waals surface area (Å²) in [5, 5.41) is 15.4. The summed E-state index contributed by atoms with van der Waals surface area (Å²) in [5.41, 5.74) is 4.72. The van der Waals surface area contributed by atoms with Crippen LogP contribution in [-0.2, 0) is 0 Å². The van der Waals surface area contributed by atoms with Crippen molar-refractivity contribution in [2.45, 2.75) is 31.7 Å². The van der Waals surface area contributed by atoms with Gasteiger partial charge in [0.15, 0.2) is 0 Å². The Balaban J connectivity index is 1.55. The first kappa shape index (κ1) is 21.4. The zero-order valence-corrected chi connectivity index (χ0v) is 18.9. The zero-order valence-electron chi connectivity index (χ0n) is 18.9. The quantitative estimate of drug-likeness (QED) is 0.378. The number of benzene rings is 3. The predicted molar refractivity (Wildman–Crippen MR) is 133 cm³/mol. The first-order chi connectivity index (χ1) is 16.2. The second-order valence-electron chi connectivity index (χ2n) is 8.74. The molecule has 168 valence electrons. The van der Waals surface area contributed by atoms with Gasteiger partial charge in [0.25, 0.3) is 0 Å². The van der Waals surface area contributed by atoms with Crippen LogP contribution in [0.4, 0.5) is 5.69 Å². The number of aromatic nitrogens is 2. The Morgan fingerprint density at radius 1 is 0.970 bits per heavy atom. The van der Waals surface area contributed by atoms with Crippen LogP contribution in [0.3, 0.4) is 0 Å². The fraction of sp³-hybridized carbons (Fsp3) is 0.286. The van der Waals surface area contributed by atoms with E-state index in [9.17, 15) is 5.11 Å². The van der Waals surface area contributed by atoms with Crippen LogP contribution >= 0.6 is 0 Å². The molecule has 1 saturated carbocycles. The minimum atomic E-state index is 0.289. The van der Waals surface area contributed by atoms with Gasteiger partial charge in [0, 0.05) is 35.4 Å². The molecule has 1 aromatic heterocycles. The van der Waals surface area contributed by atoms with E-state index in [2.05, 4.69) is 41.2 Å².